The summed E-state index contributed by atoms with van der Waals surface area (Å²) in [6.45, 7) is 0.448. The number of hydrogen-bond donors (Lipinski definition) is 1. The number of benzene rings is 2. The lowest BCUT2D eigenvalue weighted by Crippen LogP contribution is -2.45. The summed E-state index contributed by atoms with van der Waals surface area (Å²) in [5.74, 6) is -0.0743. The van der Waals surface area contributed by atoms with Crippen molar-refractivity contribution in [3.05, 3.63) is 60.6 Å². The number of imidazole rings is 1. The average Bonchev–Trinajstić information content (AvgIpc) is 3.08. The maximum atomic E-state index is 12.7. The summed E-state index contributed by atoms with van der Waals surface area (Å²) in [6, 6.07) is 14.3. The van der Waals surface area contributed by atoms with Crippen LogP contribution in [0.4, 0.5) is 0 Å². The lowest BCUT2D eigenvalue weighted by Gasteiger charge is -2.35. The van der Waals surface area contributed by atoms with Gasteiger partial charge in [-0.1, -0.05) is 42.5 Å². The molecule has 4 rings (SSSR count). The van der Waals surface area contributed by atoms with Crippen molar-refractivity contribution in [2.45, 2.75) is 23.5 Å². The fourth-order valence-electron chi connectivity index (χ4n) is 3.60. The molecule has 3 aromatic rings. The Labute approximate surface area is 152 Å². The van der Waals surface area contributed by atoms with Gasteiger partial charge in [0.2, 0.25) is 0 Å². The number of nitrogens with zero attached hydrogens (tertiary/aromatic N) is 3. The van der Waals surface area contributed by atoms with Crippen molar-refractivity contribution in [3.63, 3.8) is 0 Å². The highest BCUT2D eigenvalue weighted by molar-refractivity contribution is 7.89. The molecule has 1 aromatic heterocycles. The molecule has 1 fully saturated rings. The van der Waals surface area contributed by atoms with Crippen LogP contribution in [0.3, 0.4) is 0 Å². The first kappa shape index (κ1) is 17.2. The molecule has 1 aliphatic heterocycles. The first-order chi connectivity index (χ1) is 12.4. The molecule has 2 heterocycles. The van der Waals surface area contributed by atoms with Gasteiger partial charge in [0, 0.05) is 32.3 Å². The summed E-state index contributed by atoms with van der Waals surface area (Å²) in [7, 11) is -1.94. The molecule has 0 unspecified atom stereocenters. The van der Waals surface area contributed by atoms with Crippen LogP contribution in [0.25, 0.3) is 10.8 Å². The van der Waals surface area contributed by atoms with Crippen molar-refractivity contribution in [2.75, 3.05) is 13.1 Å². The molecule has 0 aliphatic carbocycles. The fourth-order valence-corrected chi connectivity index (χ4v) is 5.04. The molecule has 0 saturated carbocycles. The van der Waals surface area contributed by atoms with Gasteiger partial charge in [-0.2, -0.15) is 4.31 Å². The van der Waals surface area contributed by atoms with Gasteiger partial charge in [0.15, 0.2) is 5.03 Å². The topological polar surface area (TPSA) is 75.4 Å². The Morgan fingerprint density at radius 1 is 1.15 bits per heavy atom. The van der Waals surface area contributed by atoms with Gasteiger partial charge in [-0.05, 0) is 22.8 Å². The lowest BCUT2D eigenvalue weighted by atomic mass is 9.87. The monoisotopic (exact) mass is 371 g/mol. The van der Waals surface area contributed by atoms with Gasteiger partial charge in [-0.25, -0.2) is 13.4 Å². The molecule has 7 heteroatoms. The molecule has 0 radical (unpaired) electrons. The Balaban J connectivity index is 1.56. The highest BCUT2D eigenvalue weighted by Crippen LogP contribution is 2.32. The standard InChI is InChI=1S/C19H21N3O3S/c1-21-12-19(20-13-21)26(24,25)22-9-8-17(18(23)11-22)16-7-6-14-4-2-3-5-15(14)10-16/h2-7,10,12-13,17-18,23H,8-9,11H2,1H3/t17-,18+/m1/s1. The Morgan fingerprint density at radius 3 is 2.62 bits per heavy atom. The maximum Gasteiger partial charge on any atom is 0.262 e. The molecule has 1 saturated heterocycles. The van der Waals surface area contributed by atoms with Crippen molar-refractivity contribution in [1.82, 2.24) is 13.9 Å². The number of β-amino-alcohol motifs (C(OH)–C–C–N with tert-alkyl or cyclic N) is 1. The number of piperidine rings is 1. The van der Waals surface area contributed by atoms with Crippen LogP contribution in [-0.2, 0) is 17.1 Å². The van der Waals surface area contributed by atoms with Crippen molar-refractivity contribution < 1.29 is 13.5 Å². The first-order valence-electron chi connectivity index (χ1n) is 8.60. The molecular formula is C19H21N3O3S. The smallest absolute Gasteiger partial charge is 0.262 e. The normalized spacial score (nSPS) is 21.9. The molecule has 2 atom stereocenters. The van der Waals surface area contributed by atoms with Gasteiger partial charge in [0.25, 0.3) is 10.0 Å². The van der Waals surface area contributed by atoms with E-state index >= 15 is 0 Å². The van der Waals surface area contributed by atoms with Crippen molar-refractivity contribution in [2.24, 2.45) is 7.05 Å². The van der Waals surface area contributed by atoms with E-state index in [0.717, 1.165) is 16.3 Å². The van der Waals surface area contributed by atoms with Crippen LogP contribution in [0, 0.1) is 0 Å². The molecule has 6 nitrogen and oxygen atoms in total. The second-order valence-corrected chi connectivity index (χ2v) is 8.69. The molecule has 0 bridgehead atoms. The van der Waals surface area contributed by atoms with Crippen LogP contribution in [0.15, 0.2) is 60.0 Å². The average molecular weight is 371 g/mol. The van der Waals surface area contributed by atoms with Crippen LogP contribution in [0.5, 0.6) is 0 Å². The van der Waals surface area contributed by atoms with Gasteiger partial charge in [0.05, 0.1) is 12.4 Å². The maximum absolute atomic E-state index is 12.7. The Kier molecular flexibility index (Phi) is 4.30. The van der Waals surface area contributed by atoms with E-state index in [2.05, 4.69) is 17.1 Å². The predicted octanol–water partition coefficient (Wildman–Crippen LogP) is 2.11. The Bertz CT molecular complexity index is 1040. The van der Waals surface area contributed by atoms with Crippen LogP contribution in [0.1, 0.15) is 17.9 Å². The molecular weight excluding hydrogens is 350 g/mol. The molecule has 1 aliphatic rings. The minimum Gasteiger partial charge on any atom is -0.391 e. The van der Waals surface area contributed by atoms with Crippen molar-refractivity contribution in [1.29, 1.82) is 0 Å². The number of fused-ring (bicyclic) bond motifs is 1. The number of hydrogen-bond acceptors (Lipinski definition) is 4. The van der Waals surface area contributed by atoms with Crippen molar-refractivity contribution in [3.8, 4) is 0 Å². The molecule has 0 amide bonds. The Morgan fingerprint density at radius 2 is 1.92 bits per heavy atom. The largest absolute Gasteiger partial charge is 0.391 e. The minimum absolute atomic E-state index is 0.0244. The number of rotatable bonds is 3. The zero-order valence-electron chi connectivity index (χ0n) is 14.5. The number of aliphatic hydroxyl groups is 1. The molecule has 0 spiro atoms. The van der Waals surface area contributed by atoms with Gasteiger partial charge >= 0.3 is 0 Å². The van der Waals surface area contributed by atoms with E-state index < -0.39 is 16.1 Å². The van der Waals surface area contributed by atoms with Gasteiger partial charge in [-0.15, -0.1) is 0 Å². The van der Waals surface area contributed by atoms with E-state index in [0.29, 0.717) is 13.0 Å². The predicted molar refractivity (Wildman–Crippen MR) is 99.3 cm³/mol. The van der Waals surface area contributed by atoms with Crippen LogP contribution < -0.4 is 0 Å². The summed E-state index contributed by atoms with van der Waals surface area (Å²) in [5.41, 5.74) is 1.05. The second-order valence-electron chi connectivity index (χ2n) is 6.81. The number of aliphatic hydroxyl groups excluding tert-OH is 1. The van der Waals surface area contributed by atoms with Crippen LogP contribution >= 0.6 is 0 Å². The SMILES string of the molecule is Cn1cnc(S(=O)(=O)N2CC[C@H](c3ccc4ccccc4c3)[C@@H](O)C2)c1. The summed E-state index contributed by atoms with van der Waals surface area (Å²) < 4.78 is 28.3. The van der Waals surface area contributed by atoms with E-state index in [9.17, 15) is 13.5 Å². The van der Waals surface area contributed by atoms with Crippen LogP contribution in [-0.4, -0.2) is 46.6 Å². The third kappa shape index (κ3) is 3.02. The second kappa shape index (κ2) is 6.50. The van der Waals surface area contributed by atoms with Gasteiger partial charge < -0.3 is 9.67 Å². The van der Waals surface area contributed by atoms with Gasteiger partial charge in [0.1, 0.15) is 0 Å². The first-order valence-corrected chi connectivity index (χ1v) is 10.0. The van der Waals surface area contributed by atoms with E-state index in [1.807, 2.05) is 30.3 Å². The van der Waals surface area contributed by atoms with E-state index in [1.165, 1.54) is 16.8 Å². The van der Waals surface area contributed by atoms with E-state index in [-0.39, 0.29) is 17.5 Å². The molecule has 1 N–H and O–H groups in total. The van der Waals surface area contributed by atoms with Gasteiger partial charge in [-0.3, -0.25) is 0 Å². The number of aromatic nitrogens is 2. The zero-order valence-corrected chi connectivity index (χ0v) is 15.3. The third-order valence-electron chi connectivity index (χ3n) is 5.03. The third-order valence-corrected chi connectivity index (χ3v) is 6.78. The molecule has 136 valence electrons. The molecule has 2 aromatic carbocycles. The van der Waals surface area contributed by atoms with Crippen LogP contribution in [0.2, 0.25) is 0 Å². The summed E-state index contributed by atoms with van der Waals surface area (Å²) in [5, 5.41) is 13.0. The summed E-state index contributed by atoms with van der Waals surface area (Å²) >= 11 is 0. The number of aryl methyl sites for hydroxylation is 1. The fraction of sp³-hybridized carbons (Fsp3) is 0.316. The minimum atomic E-state index is -3.67. The number of sulfonamides is 1. The summed E-state index contributed by atoms with van der Waals surface area (Å²) in [4.78, 5) is 3.95. The zero-order chi connectivity index (χ0) is 18.3. The van der Waals surface area contributed by atoms with E-state index in [4.69, 9.17) is 0 Å². The summed E-state index contributed by atoms with van der Waals surface area (Å²) in [6.07, 6.45) is 2.77. The molecule has 26 heavy (non-hydrogen) atoms. The quantitative estimate of drug-likeness (QED) is 0.765. The highest BCUT2D eigenvalue weighted by Gasteiger charge is 2.36. The van der Waals surface area contributed by atoms with Crippen molar-refractivity contribution >= 4 is 20.8 Å². The van der Waals surface area contributed by atoms with E-state index in [1.54, 1.807) is 11.6 Å². The highest BCUT2D eigenvalue weighted by atomic mass is 32.2. The Hall–Kier alpha value is -2.22. The lowest BCUT2D eigenvalue weighted by molar-refractivity contribution is 0.0854.